The highest BCUT2D eigenvalue weighted by atomic mass is 16.6. The number of rotatable bonds is 1. The fourth-order valence-corrected chi connectivity index (χ4v) is 1.27. The summed E-state index contributed by atoms with van der Waals surface area (Å²) in [6, 6.07) is 9.83. The summed E-state index contributed by atoms with van der Waals surface area (Å²) >= 11 is 0. The number of benzene rings is 1. The van der Waals surface area contributed by atoms with Gasteiger partial charge in [0.25, 0.3) is 0 Å². The zero-order chi connectivity index (χ0) is 8.39. The third-order valence-corrected chi connectivity index (χ3v) is 1.86. The van der Waals surface area contributed by atoms with Crippen LogP contribution in [0.1, 0.15) is 11.7 Å². The molecule has 12 heavy (non-hydrogen) atoms. The second kappa shape index (κ2) is 3.09. The Morgan fingerprint density at radius 1 is 1.08 bits per heavy atom. The monoisotopic (exact) mass is 162 g/mol. The van der Waals surface area contributed by atoms with Crippen LogP contribution in [0.4, 0.5) is 0 Å². The first-order valence-corrected chi connectivity index (χ1v) is 3.93. The molecule has 0 aliphatic carbocycles. The third kappa shape index (κ3) is 1.40. The molecule has 0 saturated heterocycles. The van der Waals surface area contributed by atoms with E-state index in [2.05, 4.69) is 0 Å². The Morgan fingerprint density at radius 2 is 1.83 bits per heavy atom. The first kappa shape index (κ1) is 7.53. The molecule has 2 nitrogen and oxygen atoms in total. The summed E-state index contributed by atoms with van der Waals surface area (Å²) in [7, 11) is 0. The standard InChI is InChI=1S/C10H10O2/c11-10-7-6-9(12-10)8-4-2-1-3-5-8/h1-7,9-11H. The van der Waals surface area contributed by atoms with Crippen molar-refractivity contribution in [1.29, 1.82) is 0 Å². The topological polar surface area (TPSA) is 29.5 Å². The van der Waals surface area contributed by atoms with Crippen molar-refractivity contribution in [1.82, 2.24) is 0 Å². The van der Waals surface area contributed by atoms with E-state index in [9.17, 15) is 0 Å². The molecule has 0 aromatic heterocycles. The smallest absolute Gasteiger partial charge is 0.175 e. The number of ether oxygens (including phenoxy) is 1. The van der Waals surface area contributed by atoms with Crippen molar-refractivity contribution in [2.24, 2.45) is 0 Å². The Hall–Kier alpha value is -1.12. The van der Waals surface area contributed by atoms with Crippen LogP contribution in [-0.4, -0.2) is 11.4 Å². The lowest BCUT2D eigenvalue weighted by Crippen LogP contribution is -2.04. The van der Waals surface area contributed by atoms with E-state index in [1.165, 1.54) is 0 Å². The van der Waals surface area contributed by atoms with Gasteiger partial charge < -0.3 is 9.84 Å². The molecule has 2 rings (SSSR count). The van der Waals surface area contributed by atoms with E-state index in [-0.39, 0.29) is 6.10 Å². The fraction of sp³-hybridized carbons (Fsp3) is 0.200. The van der Waals surface area contributed by atoms with Gasteiger partial charge in [-0.3, -0.25) is 0 Å². The van der Waals surface area contributed by atoms with E-state index in [4.69, 9.17) is 9.84 Å². The van der Waals surface area contributed by atoms with Crippen LogP contribution in [0.3, 0.4) is 0 Å². The first-order valence-electron chi connectivity index (χ1n) is 3.93. The predicted octanol–water partition coefficient (Wildman–Crippen LogP) is 1.63. The van der Waals surface area contributed by atoms with Gasteiger partial charge in [-0.25, -0.2) is 0 Å². The molecule has 0 spiro atoms. The molecule has 2 atom stereocenters. The first-order chi connectivity index (χ1) is 5.86. The Labute approximate surface area is 71.1 Å². The molecule has 1 aliphatic heterocycles. The highest BCUT2D eigenvalue weighted by molar-refractivity contribution is 5.23. The van der Waals surface area contributed by atoms with Gasteiger partial charge in [0.05, 0.1) is 0 Å². The van der Waals surface area contributed by atoms with Gasteiger partial charge in [-0.2, -0.15) is 0 Å². The second-order valence-electron chi connectivity index (χ2n) is 2.74. The quantitative estimate of drug-likeness (QED) is 0.636. The maximum Gasteiger partial charge on any atom is 0.175 e. The lowest BCUT2D eigenvalue weighted by Gasteiger charge is -2.09. The van der Waals surface area contributed by atoms with Gasteiger partial charge >= 0.3 is 0 Å². The predicted molar refractivity (Wildman–Crippen MR) is 45.4 cm³/mol. The van der Waals surface area contributed by atoms with Crippen molar-refractivity contribution < 1.29 is 9.84 Å². The highest BCUT2D eigenvalue weighted by Crippen LogP contribution is 2.24. The molecule has 1 heterocycles. The van der Waals surface area contributed by atoms with E-state index < -0.39 is 6.29 Å². The summed E-state index contributed by atoms with van der Waals surface area (Å²) in [5, 5.41) is 9.05. The van der Waals surface area contributed by atoms with Crippen molar-refractivity contribution in [2.75, 3.05) is 0 Å². The number of hydrogen-bond acceptors (Lipinski definition) is 2. The summed E-state index contributed by atoms with van der Waals surface area (Å²) in [5.41, 5.74) is 1.07. The molecule has 0 amide bonds. The van der Waals surface area contributed by atoms with Crippen LogP contribution in [0.2, 0.25) is 0 Å². The molecule has 1 aromatic rings. The van der Waals surface area contributed by atoms with Crippen molar-refractivity contribution >= 4 is 0 Å². The average Bonchev–Trinajstić information content (AvgIpc) is 2.54. The highest BCUT2D eigenvalue weighted by Gasteiger charge is 2.17. The number of hydrogen-bond donors (Lipinski definition) is 1. The summed E-state index contributed by atoms with van der Waals surface area (Å²) in [5.74, 6) is 0. The minimum atomic E-state index is -0.741. The molecule has 0 fully saturated rings. The molecular weight excluding hydrogens is 152 g/mol. The summed E-state index contributed by atoms with van der Waals surface area (Å²) in [6.45, 7) is 0. The van der Waals surface area contributed by atoms with Crippen LogP contribution < -0.4 is 0 Å². The van der Waals surface area contributed by atoms with Gasteiger partial charge in [-0.1, -0.05) is 36.4 Å². The Kier molecular flexibility index (Phi) is 1.94. The molecule has 1 N–H and O–H groups in total. The minimum absolute atomic E-state index is 0.0822. The molecule has 0 saturated carbocycles. The zero-order valence-electron chi connectivity index (χ0n) is 6.55. The maximum atomic E-state index is 9.05. The Bertz CT molecular complexity index is 279. The van der Waals surface area contributed by atoms with E-state index in [1.807, 2.05) is 36.4 Å². The minimum Gasteiger partial charge on any atom is -0.365 e. The van der Waals surface area contributed by atoms with Crippen LogP contribution in [0.15, 0.2) is 42.5 Å². The summed E-state index contributed by atoms with van der Waals surface area (Å²) in [6.07, 6.45) is 2.69. The molecule has 0 radical (unpaired) electrons. The van der Waals surface area contributed by atoms with Crippen LogP contribution in [0.5, 0.6) is 0 Å². The van der Waals surface area contributed by atoms with Crippen molar-refractivity contribution in [3.8, 4) is 0 Å². The number of aliphatic hydroxyl groups excluding tert-OH is 1. The van der Waals surface area contributed by atoms with Crippen LogP contribution in [0, 0.1) is 0 Å². The van der Waals surface area contributed by atoms with Crippen molar-refractivity contribution in [2.45, 2.75) is 12.4 Å². The fourth-order valence-electron chi connectivity index (χ4n) is 1.27. The van der Waals surface area contributed by atoms with Gasteiger partial charge in [0.15, 0.2) is 6.29 Å². The lowest BCUT2D eigenvalue weighted by molar-refractivity contribution is -0.0747. The van der Waals surface area contributed by atoms with E-state index >= 15 is 0 Å². The van der Waals surface area contributed by atoms with Gasteiger partial charge in [0.2, 0.25) is 0 Å². The molecule has 1 aliphatic rings. The van der Waals surface area contributed by atoms with Gasteiger partial charge in [-0.15, -0.1) is 0 Å². The van der Waals surface area contributed by atoms with Gasteiger partial charge in [0.1, 0.15) is 6.10 Å². The largest absolute Gasteiger partial charge is 0.365 e. The Balaban J connectivity index is 2.18. The summed E-state index contributed by atoms with van der Waals surface area (Å²) in [4.78, 5) is 0. The SMILES string of the molecule is OC1C=CC(c2ccccc2)O1. The number of aliphatic hydroxyl groups is 1. The molecule has 62 valence electrons. The summed E-state index contributed by atoms with van der Waals surface area (Å²) < 4.78 is 5.19. The van der Waals surface area contributed by atoms with Gasteiger partial charge in [0, 0.05) is 0 Å². The zero-order valence-corrected chi connectivity index (χ0v) is 6.55. The molecule has 1 aromatic carbocycles. The molecule has 2 unspecified atom stereocenters. The maximum absolute atomic E-state index is 9.05. The second-order valence-corrected chi connectivity index (χ2v) is 2.74. The van der Waals surface area contributed by atoms with Gasteiger partial charge in [-0.05, 0) is 11.6 Å². The molecule has 0 bridgehead atoms. The van der Waals surface area contributed by atoms with Crippen LogP contribution in [0.25, 0.3) is 0 Å². The van der Waals surface area contributed by atoms with E-state index in [0.29, 0.717) is 0 Å². The normalized spacial score (nSPS) is 27.8. The van der Waals surface area contributed by atoms with E-state index in [1.54, 1.807) is 6.08 Å². The third-order valence-electron chi connectivity index (χ3n) is 1.86. The Morgan fingerprint density at radius 3 is 2.42 bits per heavy atom. The lowest BCUT2D eigenvalue weighted by atomic mass is 10.1. The van der Waals surface area contributed by atoms with Crippen LogP contribution >= 0.6 is 0 Å². The molecule has 2 heteroatoms. The van der Waals surface area contributed by atoms with E-state index in [0.717, 1.165) is 5.56 Å². The molecular formula is C10H10O2. The van der Waals surface area contributed by atoms with Crippen molar-refractivity contribution in [3.63, 3.8) is 0 Å². The van der Waals surface area contributed by atoms with Crippen molar-refractivity contribution in [3.05, 3.63) is 48.0 Å². The van der Waals surface area contributed by atoms with Crippen LogP contribution in [-0.2, 0) is 4.74 Å². The average molecular weight is 162 g/mol.